The Labute approximate surface area is 136 Å². The van der Waals surface area contributed by atoms with Crippen molar-refractivity contribution in [3.63, 3.8) is 0 Å². The second kappa shape index (κ2) is 6.24. The maximum atomic E-state index is 5.88. The van der Waals surface area contributed by atoms with Crippen LogP contribution in [-0.2, 0) is 0 Å². The molecule has 1 heterocycles. The van der Waals surface area contributed by atoms with Crippen molar-refractivity contribution in [1.29, 1.82) is 0 Å². The minimum absolute atomic E-state index is 0.301. The first-order chi connectivity index (χ1) is 11.1. The fourth-order valence-corrected chi connectivity index (χ4v) is 2.95. The van der Waals surface area contributed by atoms with Gasteiger partial charge >= 0.3 is 0 Å². The summed E-state index contributed by atoms with van der Waals surface area (Å²) in [5.41, 5.74) is 11.7. The molecule has 0 fully saturated rings. The number of nitrogen functional groups attached to an aromatic ring is 1. The molecule has 118 valence electrons. The van der Waals surface area contributed by atoms with Crippen LogP contribution >= 0.6 is 0 Å². The molecule has 3 rings (SSSR count). The lowest BCUT2D eigenvalue weighted by atomic mass is 9.95. The van der Waals surface area contributed by atoms with Gasteiger partial charge < -0.3 is 11.1 Å². The summed E-state index contributed by atoms with van der Waals surface area (Å²) in [5, 5.41) is 4.33. The summed E-state index contributed by atoms with van der Waals surface area (Å²) in [6.07, 6.45) is 1.03. The van der Waals surface area contributed by atoms with E-state index < -0.39 is 0 Å². The second-order valence-corrected chi connectivity index (χ2v) is 5.86. The predicted molar refractivity (Wildman–Crippen MR) is 97.6 cm³/mol. The van der Waals surface area contributed by atoms with Crippen LogP contribution in [0.25, 0.3) is 22.0 Å². The number of rotatable bonds is 4. The third-order valence-corrected chi connectivity index (χ3v) is 4.03. The summed E-state index contributed by atoms with van der Waals surface area (Å²) in [7, 11) is 0. The number of fused-ring (bicyclic) bond motifs is 1. The number of aromatic nitrogens is 2. The molecule has 4 nitrogen and oxygen atoms in total. The Morgan fingerprint density at radius 3 is 2.48 bits per heavy atom. The van der Waals surface area contributed by atoms with E-state index in [4.69, 9.17) is 5.73 Å². The Balaban J connectivity index is 2.16. The highest BCUT2D eigenvalue weighted by molar-refractivity contribution is 5.93. The van der Waals surface area contributed by atoms with Gasteiger partial charge in [-0.3, -0.25) is 0 Å². The smallest absolute Gasteiger partial charge is 0.222 e. The molecule has 1 aromatic heterocycles. The largest absolute Gasteiger partial charge is 0.369 e. The fraction of sp³-hybridized carbons (Fsp3) is 0.263. The standard InChI is InChI=1S/C19H22N4/c1-4-10-21-18-15-9-8-14(11-16(15)22-19(20)23-18)17-12(2)6-5-7-13(17)3/h5-9,11H,4,10H2,1-3H3,(H3,20,21,22,23). The van der Waals surface area contributed by atoms with E-state index in [1.165, 1.54) is 16.7 Å². The maximum absolute atomic E-state index is 5.88. The molecule has 0 aliphatic rings. The van der Waals surface area contributed by atoms with E-state index in [1.807, 2.05) is 0 Å². The molecule has 0 amide bonds. The van der Waals surface area contributed by atoms with Crippen molar-refractivity contribution in [2.24, 2.45) is 0 Å². The normalized spacial score (nSPS) is 10.9. The van der Waals surface area contributed by atoms with Gasteiger partial charge in [0, 0.05) is 11.9 Å². The monoisotopic (exact) mass is 306 g/mol. The lowest BCUT2D eigenvalue weighted by Gasteiger charge is -2.13. The van der Waals surface area contributed by atoms with Crippen LogP contribution in [0.5, 0.6) is 0 Å². The van der Waals surface area contributed by atoms with Gasteiger partial charge in [0.15, 0.2) is 0 Å². The molecule has 0 aliphatic carbocycles. The Bertz CT molecular complexity index is 835. The second-order valence-electron chi connectivity index (χ2n) is 5.86. The van der Waals surface area contributed by atoms with E-state index >= 15 is 0 Å². The zero-order chi connectivity index (χ0) is 16.4. The Morgan fingerprint density at radius 1 is 1.04 bits per heavy atom. The molecule has 0 atom stereocenters. The molecule has 0 unspecified atom stereocenters. The van der Waals surface area contributed by atoms with Crippen molar-refractivity contribution in [3.8, 4) is 11.1 Å². The van der Waals surface area contributed by atoms with Crippen molar-refractivity contribution in [3.05, 3.63) is 47.5 Å². The zero-order valence-corrected chi connectivity index (χ0v) is 13.9. The van der Waals surface area contributed by atoms with E-state index in [0.717, 1.165) is 35.2 Å². The SMILES string of the molecule is CCCNc1nc(N)nc2cc(-c3c(C)cccc3C)ccc12. The van der Waals surface area contributed by atoms with Crippen molar-refractivity contribution >= 4 is 22.7 Å². The third kappa shape index (κ3) is 2.97. The molecule has 0 saturated carbocycles. The van der Waals surface area contributed by atoms with Gasteiger partial charge in [0.25, 0.3) is 0 Å². The van der Waals surface area contributed by atoms with Gasteiger partial charge in [-0.25, -0.2) is 4.98 Å². The fourth-order valence-electron chi connectivity index (χ4n) is 2.95. The first kappa shape index (κ1) is 15.3. The molecular formula is C19H22N4. The number of nitrogens with one attached hydrogen (secondary N) is 1. The Morgan fingerprint density at radius 2 is 1.78 bits per heavy atom. The topological polar surface area (TPSA) is 63.8 Å². The van der Waals surface area contributed by atoms with Gasteiger partial charge in [-0.1, -0.05) is 31.2 Å². The molecule has 0 saturated heterocycles. The minimum atomic E-state index is 0.301. The first-order valence-corrected chi connectivity index (χ1v) is 7.98. The van der Waals surface area contributed by atoms with Crippen LogP contribution in [0.1, 0.15) is 24.5 Å². The first-order valence-electron chi connectivity index (χ1n) is 7.98. The van der Waals surface area contributed by atoms with Crippen LogP contribution in [0.3, 0.4) is 0 Å². The molecule has 2 aromatic carbocycles. The van der Waals surface area contributed by atoms with Gasteiger partial charge in [-0.15, -0.1) is 0 Å². The maximum Gasteiger partial charge on any atom is 0.222 e. The van der Waals surface area contributed by atoms with Gasteiger partial charge in [0.1, 0.15) is 5.82 Å². The molecule has 3 N–H and O–H groups in total. The number of hydrogen-bond donors (Lipinski definition) is 2. The van der Waals surface area contributed by atoms with Crippen molar-refractivity contribution in [2.75, 3.05) is 17.6 Å². The van der Waals surface area contributed by atoms with Crippen LogP contribution in [0.2, 0.25) is 0 Å². The van der Waals surface area contributed by atoms with Gasteiger partial charge in [0.2, 0.25) is 5.95 Å². The summed E-state index contributed by atoms with van der Waals surface area (Å²) in [6, 6.07) is 12.7. The number of aryl methyl sites for hydroxylation is 2. The molecule has 4 heteroatoms. The predicted octanol–water partition coefficient (Wildman–Crippen LogP) is 4.32. The van der Waals surface area contributed by atoms with E-state index in [1.54, 1.807) is 0 Å². The highest BCUT2D eigenvalue weighted by Gasteiger charge is 2.10. The molecule has 0 bridgehead atoms. The number of anilines is 2. The summed E-state index contributed by atoms with van der Waals surface area (Å²) < 4.78 is 0. The molecule has 0 aliphatic heterocycles. The highest BCUT2D eigenvalue weighted by Crippen LogP contribution is 2.31. The quantitative estimate of drug-likeness (QED) is 0.753. The zero-order valence-electron chi connectivity index (χ0n) is 13.9. The molecule has 0 spiro atoms. The van der Waals surface area contributed by atoms with Crippen molar-refractivity contribution < 1.29 is 0 Å². The third-order valence-electron chi connectivity index (χ3n) is 4.03. The van der Waals surface area contributed by atoms with Crippen LogP contribution in [0.4, 0.5) is 11.8 Å². The van der Waals surface area contributed by atoms with Gasteiger partial charge in [-0.2, -0.15) is 4.98 Å². The molecule has 23 heavy (non-hydrogen) atoms. The van der Waals surface area contributed by atoms with E-state index in [-0.39, 0.29) is 0 Å². The number of benzene rings is 2. The highest BCUT2D eigenvalue weighted by atomic mass is 15.1. The summed E-state index contributed by atoms with van der Waals surface area (Å²) >= 11 is 0. The van der Waals surface area contributed by atoms with Crippen molar-refractivity contribution in [1.82, 2.24) is 9.97 Å². The summed E-state index contributed by atoms with van der Waals surface area (Å²) in [6.45, 7) is 7.26. The Kier molecular flexibility index (Phi) is 4.15. The van der Waals surface area contributed by atoms with E-state index in [9.17, 15) is 0 Å². The number of hydrogen-bond acceptors (Lipinski definition) is 4. The average Bonchev–Trinajstić information content (AvgIpc) is 2.52. The van der Waals surface area contributed by atoms with Crippen LogP contribution < -0.4 is 11.1 Å². The minimum Gasteiger partial charge on any atom is -0.369 e. The average molecular weight is 306 g/mol. The Hall–Kier alpha value is -2.62. The van der Waals surface area contributed by atoms with Crippen LogP contribution in [-0.4, -0.2) is 16.5 Å². The summed E-state index contributed by atoms with van der Waals surface area (Å²) in [4.78, 5) is 8.75. The molecule has 3 aromatic rings. The van der Waals surface area contributed by atoms with E-state index in [2.05, 4.69) is 72.5 Å². The number of nitrogens with zero attached hydrogens (tertiary/aromatic N) is 2. The number of nitrogens with two attached hydrogens (primary N) is 1. The van der Waals surface area contributed by atoms with E-state index in [0.29, 0.717) is 5.95 Å². The summed E-state index contributed by atoms with van der Waals surface area (Å²) in [5.74, 6) is 1.11. The van der Waals surface area contributed by atoms with Crippen molar-refractivity contribution in [2.45, 2.75) is 27.2 Å². The molecular weight excluding hydrogens is 284 g/mol. The lowest BCUT2D eigenvalue weighted by molar-refractivity contribution is 0.971. The van der Waals surface area contributed by atoms with Gasteiger partial charge in [-0.05, 0) is 54.7 Å². The van der Waals surface area contributed by atoms with Crippen LogP contribution in [0, 0.1) is 13.8 Å². The lowest BCUT2D eigenvalue weighted by Crippen LogP contribution is -2.06. The van der Waals surface area contributed by atoms with Gasteiger partial charge in [0.05, 0.1) is 5.52 Å². The molecule has 0 radical (unpaired) electrons. The van der Waals surface area contributed by atoms with Crippen LogP contribution in [0.15, 0.2) is 36.4 Å².